The number of H-pyrrole nitrogens is 1. The van der Waals surface area contributed by atoms with Crippen LogP contribution in [0, 0.1) is 0 Å². The van der Waals surface area contributed by atoms with Crippen LogP contribution in [0.15, 0.2) is 19.9 Å². The lowest BCUT2D eigenvalue weighted by Crippen LogP contribution is -2.33. The summed E-state index contributed by atoms with van der Waals surface area (Å²) in [5.74, 6) is 0. The van der Waals surface area contributed by atoms with Crippen molar-refractivity contribution in [2.24, 2.45) is 0 Å². The Morgan fingerprint density at radius 1 is 1.70 bits per heavy atom. The minimum Gasteiger partial charge on any atom is -0.394 e. The van der Waals surface area contributed by atoms with Gasteiger partial charge in [-0.3, -0.25) is 14.3 Å². The SMILES string of the molecule is O=c1[nH]c(=O)n(C2CC(F)C(CO)O2)cc1C(Br)=CI. The van der Waals surface area contributed by atoms with E-state index in [0.717, 1.165) is 4.57 Å². The van der Waals surface area contributed by atoms with Crippen molar-refractivity contribution in [2.75, 3.05) is 6.61 Å². The first-order valence-electron chi connectivity index (χ1n) is 5.70. The van der Waals surface area contributed by atoms with Crippen molar-refractivity contribution in [2.45, 2.75) is 24.9 Å². The van der Waals surface area contributed by atoms with Crippen molar-refractivity contribution in [1.29, 1.82) is 0 Å². The van der Waals surface area contributed by atoms with Crippen molar-refractivity contribution in [3.63, 3.8) is 0 Å². The fraction of sp³-hybridized carbons (Fsp3) is 0.455. The fourth-order valence-electron chi connectivity index (χ4n) is 1.95. The van der Waals surface area contributed by atoms with Crippen LogP contribution >= 0.6 is 38.5 Å². The second-order valence-corrected chi connectivity index (χ2v) is 5.71. The van der Waals surface area contributed by atoms with Crippen molar-refractivity contribution < 1.29 is 14.2 Å². The van der Waals surface area contributed by atoms with Crippen molar-refractivity contribution in [3.8, 4) is 0 Å². The standard InChI is InChI=1S/C11H11BrFIN2O4/c12-6(2-14)5-3-16(11(19)15-10(5)18)9-1-7(13)8(4-17)20-9/h2-3,7-9,17H,1,4H2,(H,15,18,19). The Kier molecular flexibility index (Phi) is 5.15. The molecule has 2 rings (SSSR count). The maximum atomic E-state index is 13.6. The third-order valence-electron chi connectivity index (χ3n) is 2.97. The summed E-state index contributed by atoms with van der Waals surface area (Å²) in [6.45, 7) is -0.458. The maximum absolute atomic E-state index is 13.6. The molecule has 2 N–H and O–H groups in total. The molecular formula is C11H11BrFIN2O4. The van der Waals surface area contributed by atoms with Gasteiger partial charge in [0.1, 0.15) is 18.5 Å². The van der Waals surface area contributed by atoms with Gasteiger partial charge >= 0.3 is 5.69 Å². The molecule has 0 saturated carbocycles. The van der Waals surface area contributed by atoms with E-state index < -0.39 is 36.4 Å². The molecule has 1 fully saturated rings. The Labute approximate surface area is 134 Å². The van der Waals surface area contributed by atoms with Crippen LogP contribution < -0.4 is 11.2 Å². The monoisotopic (exact) mass is 460 g/mol. The van der Waals surface area contributed by atoms with Crippen LogP contribution in [0.3, 0.4) is 0 Å². The van der Waals surface area contributed by atoms with Gasteiger partial charge in [0.2, 0.25) is 0 Å². The average molecular weight is 461 g/mol. The summed E-state index contributed by atoms with van der Waals surface area (Å²) in [5.41, 5.74) is -0.978. The summed E-state index contributed by atoms with van der Waals surface area (Å²) in [6, 6.07) is 0. The molecule has 0 spiro atoms. The molecule has 1 aliphatic heterocycles. The third-order valence-corrected chi connectivity index (χ3v) is 5.11. The van der Waals surface area contributed by atoms with Crippen molar-refractivity contribution in [1.82, 2.24) is 9.55 Å². The van der Waals surface area contributed by atoms with Gasteiger partial charge in [0, 0.05) is 17.1 Å². The summed E-state index contributed by atoms with van der Waals surface area (Å²) in [6.07, 6.45) is -1.89. The van der Waals surface area contributed by atoms with Crippen LogP contribution in [0.5, 0.6) is 0 Å². The molecule has 0 aliphatic carbocycles. The largest absolute Gasteiger partial charge is 0.394 e. The Hall–Kier alpha value is -0.520. The first-order chi connectivity index (χ1) is 9.47. The number of aliphatic hydroxyl groups excluding tert-OH is 1. The molecule has 0 amide bonds. The topological polar surface area (TPSA) is 84.3 Å². The second-order valence-electron chi connectivity index (χ2n) is 4.23. The molecule has 3 atom stereocenters. The minimum atomic E-state index is -1.35. The zero-order valence-electron chi connectivity index (χ0n) is 10.1. The molecule has 0 bridgehead atoms. The van der Waals surface area contributed by atoms with E-state index in [4.69, 9.17) is 9.84 Å². The van der Waals surface area contributed by atoms with Crippen LogP contribution in [0.2, 0.25) is 0 Å². The number of aromatic amines is 1. The second kappa shape index (κ2) is 6.50. The van der Waals surface area contributed by atoms with Crippen LogP contribution in [0.1, 0.15) is 18.2 Å². The Morgan fingerprint density at radius 2 is 2.40 bits per heavy atom. The summed E-state index contributed by atoms with van der Waals surface area (Å²) >= 11 is 5.15. The maximum Gasteiger partial charge on any atom is 0.330 e. The number of aromatic nitrogens is 2. The van der Waals surface area contributed by atoms with Crippen LogP contribution in [-0.4, -0.2) is 33.5 Å². The van der Waals surface area contributed by atoms with Gasteiger partial charge in [-0.1, -0.05) is 22.6 Å². The zero-order valence-corrected chi connectivity index (χ0v) is 13.8. The molecule has 1 aromatic heterocycles. The summed E-state index contributed by atoms with van der Waals surface area (Å²) < 4.78 is 22.1. The van der Waals surface area contributed by atoms with Gasteiger partial charge in [-0.25, -0.2) is 9.18 Å². The van der Waals surface area contributed by atoms with Gasteiger partial charge in [-0.2, -0.15) is 0 Å². The van der Waals surface area contributed by atoms with Gasteiger partial charge in [0.25, 0.3) is 5.56 Å². The molecule has 1 aromatic rings. The highest BCUT2D eigenvalue weighted by atomic mass is 127. The van der Waals surface area contributed by atoms with Gasteiger partial charge in [-0.15, -0.1) is 0 Å². The predicted octanol–water partition coefficient (Wildman–Crippen LogP) is 1.28. The highest BCUT2D eigenvalue weighted by molar-refractivity contribution is 14.1. The van der Waals surface area contributed by atoms with Gasteiger partial charge in [0.15, 0.2) is 0 Å². The van der Waals surface area contributed by atoms with E-state index in [1.165, 1.54) is 6.20 Å². The minimum absolute atomic E-state index is 0.0534. The lowest BCUT2D eigenvalue weighted by Gasteiger charge is -2.15. The Bertz CT molecular complexity index is 644. The molecule has 1 aliphatic rings. The third kappa shape index (κ3) is 3.05. The van der Waals surface area contributed by atoms with Crippen molar-refractivity contribution in [3.05, 3.63) is 36.7 Å². The van der Waals surface area contributed by atoms with E-state index in [-0.39, 0.29) is 12.0 Å². The van der Waals surface area contributed by atoms with Crippen LogP contribution in [-0.2, 0) is 4.74 Å². The Balaban J connectivity index is 2.43. The van der Waals surface area contributed by atoms with Crippen molar-refractivity contribution >= 4 is 43.0 Å². The van der Waals surface area contributed by atoms with E-state index in [9.17, 15) is 14.0 Å². The lowest BCUT2D eigenvalue weighted by molar-refractivity contribution is -0.0356. The molecule has 3 unspecified atom stereocenters. The summed E-state index contributed by atoms with van der Waals surface area (Å²) in [7, 11) is 0. The van der Waals surface area contributed by atoms with E-state index in [0.29, 0.717) is 4.48 Å². The molecule has 1 saturated heterocycles. The van der Waals surface area contributed by atoms with E-state index >= 15 is 0 Å². The fourth-order valence-corrected chi connectivity index (χ4v) is 2.57. The van der Waals surface area contributed by atoms with E-state index in [1.54, 1.807) is 4.08 Å². The van der Waals surface area contributed by atoms with Gasteiger partial charge in [-0.05, 0) is 20.0 Å². The summed E-state index contributed by atoms with van der Waals surface area (Å²) in [5, 5.41) is 8.97. The highest BCUT2D eigenvalue weighted by Gasteiger charge is 2.36. The van der Waals surface area contributed by atoms with Gasteiger partial charge < -0.3 is 9.84 Å². The number of halogens is 3. The molecule has 9 heteroatoms. The quantitative estimate of drug-likeness (QED) is 0.665. The predicted molar refractivity (Wildman–Crippen MR) is 82.8 cm³/mol. The number of ether oxygens (including phenoxy) is 1. The molecule has 0 radical (unpaired) electrons. The zero-order chi connectivity index (χ0) is 14.9. The molecule has 2 heterocycles. The smallest absolute Gasteiger partial charge is 0.330 e. The lowest BCUT2D eigenvalue weighted by atomic mass is 10.2. The molecule has 0 aromatic carbocycles. The number of hydrogen-bond donors (Lipinski definition) is 2. The van der Waals surface area contributed by atoms with E-state index in [2.05, 4.69) is 20.9 Å². The number of alkyl halides is 1. The van der Waals surface area contributed by atoms with Crippen LogP contribution in [0.25, 0.3) is 4.48 Å². The van der Waals surface area contributed by atoms with Gasteiger partial charge in [0.05, 0.1) is 12.2 Å². The van der Waals surface area contributed by atoms with E-state index in [1.807, 2.05) is 22.6 Å². The molecule has 20 heavy (non-hydrogen) atoms. The molecular weight excluding hydrogens is 450 g/mol. The van der Waals surface area contributed by atoms with Crippen LogP contribution in [0.4, 0.5) is 4.39 Å². The Morgan fingerprint density at radius 3 is 2.95 bits per heavy atom. The molecule has 110 valence electrons. The first kappa shape index (κ1) is 15.9. The number of rotatable bonds is 3. The number of hydrogen-bond acceptors (Lipinski definition) is 4. The molecule has 6 nitrogen and oxygen atoms in total. The summed E-state index contributed by atoms with van der Waals surface area (Å²) in [4.78, 5) is 25.7. The number of nitrogens with zero attached hydrogens (tertiary/aromatic N) is 1. The highest BCUT2D eigenvalue weighted by Crippen LogP contribution is 2.30. The number of aliphatic hydroxyl groups is 1. The average Bonchev–Trinajstić information content (AvgIpc) is 2.79. The normalized spacial score (nSPS) is 27.0. The first-order valence-corrected chi connectivity index (χ1v) is 7.74. The number of nitrogens with one attached hydrogen (secondary N) is 1.